The second-order valence-electron chi connectivity index (χ2n) is 16.4. The summed E-state index contributed by atoms with van der Waals surface area (Å²) in [5.41, 5.74) is 3.64. The van der Waals surface area contributed by atoms with Crippen LogP contribution in [-0.2, 0) is 14.3 Å². The SMILES string of the molecule is CC(=O)OC1CC(C)(C)\C(=C/C(C)=C/C=C/C(C)=C/C=C/C=C(C)/C=C/C=C(/C)C(=O)CC23CC2(C)CC(O)CC3(C)C)C(C)(O)C1. The molecule has 0 radical (unpaired) electrons. The molecule has 0 saturated heterocycles. The van der Waals surface area contributed by atoms with Crippen molar-refractivity contribution in [2.75, 3.05) is 0 Å². The average Bonchev–Trinajstić information content (AvgIpc) is 3.52. The van der Waals surface area contributed by atoms with Crippen LogP contribution in [0.15, 0.2) is 94.7 Å². The molecule has 5 unspecified atom stereocenters. The molecule has 0 aliphatic heterocycles. The Labute approximate surface area is 284 Å². The first kappa shape index (κ1) is 38.4. The van der Waals surface area contributed by atoms with E-state index in [4.69, 9.17) is 4.74 Å². The molecule has 2 N–H and O–H groups in total. The molecule has 5 heteroatoms. The summed E-state index contributed by atoms with van der Waals surface area (Å²) in [6.45, 7) is 22.1. The number of allylic oxidation sites excluding steroid dienone is 15. The zero-order valence-electron chi connectivity index (χ0n) is 30.9. The molecule has 3 aliphatic rings. The third-order valence-electron chi connectivity index (χ3n) is 11.0. The number of Topliss-reactive ketones (excluding diaryl/α,β-unsaturated/α-hetero) is 1. The van der Waals surface area contributed by atoms with Gasteiger partial charge in [0.2, 0.25) is 0 Å². The highest BCUT2D eigenvalue weighted by Gasteiger charge is 2.73. The van der Waals surface area contributed by atoms with Gasteiger partial charge in [-0.05, 0) is 93.1 Å². The molecule has 3 rings (SSSR count). The van der Waals surface area contributed by atoms with Crippen molar-refractivity contribution >= 4 is 11.8 Å². The first-order chi connectivity index (χ1) is 21.6. The standard InChI is InChI=1S/C42H60O5/c1-29(18-14-20-31(3)22-37-38(6,7)25-35(47-33(5)43)26-41(37,11)46)16-12-13-17-30(2)19-15-21-32(4)36(45)27-42-28-40(42,10)24-34(44)23-39(42,8)9/h12-22,34-35,44,46H,23-28H2,1-11H3/b13-12+,18-14+,19-15+,29-16+,30-17+,31-20+,32-21-,37-22+. The number of hydrogen-bond acceptors (Lipinski definition) is 5. The van der Waals surface area contributed by atoms with Gasteiger partial charge < -0.3 is 14.9 Å². The third kappa shape index (κ3) is 9.54. The van der Waals surface area contributed by atoms with E-state index in [0.717, 1.165) is 47.1 Å². The molecule has 258 valence electrons. The molecule has 5 nitrogen and oxygen atoms in total. The molecule has 3 saturated carbocycles. The van der Waals surface area contributed by atoms with Gasteiger partial charge in [0.1, 0.15) is 6.10 Å². The number of rotatable bonds is 11. The lowest BCUT2D eigenvalue weighted by Gasteiger charge is -2.46. The van der Waals surface area contributed by atoms with Crippen LogP contribution in [0.1, 0.15) is 115 Å². The minimum Gasteiger partial charge on any atom is -0.462 e. The van der Waals surface area contributed by atoms with Crippen LogP contribution in [0, 0.1) is 21.7 Å². The molecular formula is C42H60O5. The van der Waals surface area contributed by atoms with Crippen LogP contribution < -0.4 is 0 Å². The zero-order valence-corrected chi connectivity index (χ0v) is 30.9. The summed E-state index contributed by atoms with van der Waals surface area (Å²) in [5.74, 6) is -0.106. The van der Waals surface area contributed by atoms with Gasteiger partial charge in [-0.1, -0.05) is 118 Å². The summed E-state index contributed by atoms with van der Waals surface area (Å²) < 4.78 is 5.44. The quantitative estimate of drug-likeness (QED) is 0.133. The monoisotopic (exact) mass is 644 g/mol. The van der Waals surface area contributed by atoms with Crippen molar-refractivity contribution in [1.82, 2.24) is 0 Å². The minimum atomic E-state index is -1.05. The Bertz CT molecular complexity index is 1430. The van der Waals surface area contributed by atoms with E-state index in [1.54, 1.807) is 6.92 Å². The fraction of sp³-hybridized carbons (Fsp3) is 0.571. The van der Waals surface area contributed by atoms with Gasteiger partial charge in [-0.15, -0.1) is 0 Å². The topological polar surface area (TPSA) is 83.8 Å². The van der Waals surface area contributed by atoms with Crippen LogP contribution in [0.2, 0.25) is 0 Å². The largest absolute Gasteiger partial charge is 0.462 e. The van der Waals surface area contributed by atoms with E-state index in [1.807, 2.05) is 76.3 Å². The van der Waals surface area contributed by atoms with Crippen molar-refractivity contribution in [2.45, 2.75) is 132 Å². The lowest BCUT2D eigenvalue weighted by atomic mass is 9.61. The van der Waals surface area contributed by atoms with Gasteiger partial charge in [0.05, 0.1) is 11.7 Å². The van der Waals surface area contributed by atoms with Gasteiger partial charge in [0, 0.05) is 19.8 Å². The van der Waals surface area contributed by atoms with Crippen LogP contribution in [0.3, 0.4) is 0 Å². The fourth-order valence-corrected chi connectivity index (χ4v) is 8.54. The Kier molecular flexibility index (Phi) is 12.0. The van der Waals surface area contributed by atoms with E-state index in [2.05, 4.69) is 52.8 Å². The van der Waals surface area contributed by atoms with Crippen molar-refractivity contribution in [1.29, 1.82) is 0 Å². The number of aliphatic hydroxyl groups excluding tert-OH is 1. The molecule has 0 aromatic rings. The van der Waals surface area contributed by atoms with E-state index in [9.17, 15) is 19.8 Å². The van der Waals surface area contributed by atoms with Gasteiger partial charge in [-0.3, -0.25) is 9.59 Å². The number of fused-ring (bicyclic) bond motifs is 1. The number of hydrogen-bond donors (Lipinski definition) is 2. The number of ether oxygens (including phenoxy) is 1. The van der Waals surface area contributed by atoms with Crippen molar-refractivity contribution in [3.63, 3.8) is 0 Å². The van der Waals surface area contributed by atoms with Gasteiger partial charge >= 0.3 is 5.97 Å². The maximum absolute atomic E-state index is 13.2. The summed E-state index contributed by atoms with van der Waals surface area (Å²) in [7, 11) is 0. The lowest BCUT2D eigenvalue weighted by Crippen LogP contribution is -2.46. The first-order valence-electron chi connectivity index (χ1n) is 17.2. The molecule has 0 aromatic carbocycles. The summed E-state index contributed by atoms with van der Waals surface area (Å²) in [5, 5.41) is 21.6. The summed E-state index contributed by atoms with van der Waals surface area (Å²) in [6.07, 6.45) is 25.8. The van der Waals surface area contributed by atoms with Crippen LogP contribution in [0.25, 0.3) is 0 Å². The van der Waals surface area contributed by atoms with E-state index >= 15 is 0 Å². The normalized spacial score (nSPS) is 33.9. The summed E-state index contributed by atoms with van der Waals surface area (Å²) in [4.78, 5) is 24.6. The van der Waals surface area contributed by atoms with Crippen LogP contribution in [0.4, 0.5) is 0 Å². The highest BCUT2D eigenvalue weighted by molar-refractivity contribution is 5.96. The van der Waals surface area contributed by atoms with Crippen molar-refractivity contribution in [2.24, 2.45) is 21.7 Å². The zero-order chi connectivity index (χ0) is 35.4. The van der Waals surface area contributed by atoms with Crippen molar-refractivity contribution in [3.8, 4) is 0 Å². The third-order valence-corrected chi connectivity index (χ3v) is 11.0. The predicted octanol–water partition coefficient (Wildman–Crippen LogP) is 9.41. The molecule has 5 atom stereocenters. The summed E-state index contributed by atoms with van der Waals surface area (Å²) >= 11 is 0. The average molecular weight is 645 g/mol. The Morgan fingerprint density at radius 2 is 1.32 bits per heavy atom. The number of carbonyl (C=O) groups excluding carboxylic acids is 2. The Balaban J connectivity index is 1.54. The smallest absolute Gasteiger partial charge is 0.302 e. The molecule has 47 heavy (non-hydrogen) atoms. The fourth-order valence-electron chi connectivity index (χ4n) is 8.54. The maximum atomic E-state index is 13.2. The molecule has 3 fully saturated rings. The van der Waals surface area contributed by atoms with Crippen molar-refractivity contribution < 1.29 is 24.5 Å². The number of esters is 1. The molecule has 0 amide bonds. The van der Waals surface area contributed by atoms with Gasteiger partial charge in [0.25, 0.3) is 0 Å². The van der Waals surface area contributed by atoms with Crippen LogP contribution in [0.5, 0.6) is 0 Å². The Morgan fingerprint density at radius 3 is 1.85 bits per heavy atom. The summed E-state index contributed by atoms with van der Waals surface area (Å²) in [6, 6.07) is 0. The highest BCUT2D eigenvalue weighted by Crippen LogP contribution is 2.79. The number of ketones is 1. The number of carbonyl (C=O) groups is 2. The van der Waals surface area contributed by atoms with E-state index in [1.165, 1.54) is 6.92 Å². The molecule has 0 heterocycles. The number of aliphatic hydroxyl groups is 2. The van der Waals surface area contributed by atoms with Gasteiger partial charge in [0.15, 0.2) is 5.78 Å². The Hall–Kier alpha value is -3.02. The Morgan fingerprint density at radius 1 is 0.766 bits per heavy atom. The first-order valence-corrected chi connectivity index (χ1v) is 17.2. The van der Waals surface area contributed by atoms with Crippen molar-refractivity contribution in [3.05, 3.63) is 94.7 Å². The van der Waals surface area contributed by atoms with E-state index in [0.29, 0.717) is 19.3 Å². The molecule has 0 spiro atoms. The van der Waals surface area contributed by atoms with Gasteiger partial charge in [-0.25, -0.2) is 0 Å². The second-order valence-corrected chi connectivity index (χ2v) is 16.4. The minimum absolute atomic E-state index is 0.00371. The highest BCUT2D eigenvalue weighted by atomic mass is 16.5. The second kappa shape index (κ2) is 14.6. The molecule has 0 aromatic heterocycles. The molecule has 3 aliphatic carbocycles. The maximum Gasteiger partial charge on any atom is 0.302 e. The molecule has 0 bridgehead atoms. The lowest BCUT2D eigenvalue weighted by molar-refractivity contribution is -0.152. The predicted molar refractivity (Wildman–Crippen MR) is 194 cm³/mol. The van der Waals surface area contributed by atoms with E-state index < -0.39 is 5.60 Å². The van der Waals surface area contributed by atoms with Crippen LogP contribution >= 0.6 is 0 Å². The van der Waals surface area contributed by atoms with E-state index in [-0.39, 0.29) is 45.6 Å². The molecular weight excluding hydrogens is 584 g/mol. The van der Waals surface area contributed by atoms with Crippen LogP contribution in [-0.4, -0.2) is 39.8 Å². The van der Waals surface area contributed by atoms with Gasteiger partial charge in [-0.2, -0.15) is 0 Å².